The minimum absolute atomic E-state index is 0.0296. The molecule has 2 nitrogen and oxygen atoms in total. The topological polar surface area (TPSA) is 29.5 Å². The van der Waals surface area contributed by atoms with Gasteiger partial charge in [-0.2, -0.15) is 0 Å². The van der Waals surface area contributed by atoms with Crippen LogP contribution in [0.2, 0.25) is 0 Å². The number of hydrogen-bond acceptors (Lipinski definition) is 2. The van der Waals surface area contributed by atoms with E-state index in [0.717, 1.165) is 12.8 Å². The van der Waals surface area contributed by atoms with Crippen molar-refractivity contribution in [3.63, 3.8) is 0 Å². The van der Waals surface area contributed by atoms with Gasteiger partial charge in [-0.3, -0.25) is 0 Å². The first-order valence-electron chi connectivity index (χ1n) is 7.38. The van der Waals surface area contributed by atoms with Crippen LogP contribution in [0.3, 0.4) is 0 Å². The SMILES string of the molecule is C=C[C@@]1(O)[C@@H]2CC[C@H]1/C(=C\C)[C@H]2OCc1ccccc1. The number of aliphatic hydroxyl groups is 1. The normalized spacial score (nSPS) is 37.5. The average molecular weight is 270 g/mol. The van der Waals surface area contributed by atoms with Crippen molar-refractivity contribution < 1.29 is 9.84 Å². The van der Waals surface area contributed by atoms with Crippen LogP contribution in [0, 0.1) is 11.8 Å². The van der Waals surface area contributed by atoms with Gasteiger partial charge in [-0.25, -0.2) is 0 Å². The first kappa shape index (κ1) is 13.6. The molecule has 1 aromatic rings. The fourth-order valence-electron chi connectivity index (χ4n) is 3.96. The first-order valence-corrected chi connectivity index (χ1v) is 7.38. The van der Waals surface area contributed by atoms with E-state index in [1.807, 2.05) is 25.1 Å². The zero-order valence-electron chi connectivity index (χ0n) is 12.0. The number of fused-ring (bicyclic) bond motifs is 2. The second-order valence-electron chi connectivity index (χ2n) is 5.83. The van der Waals surface area contributed by atoms with Gasteiger partial charge < -0.3 is 9.84 Å². The molecule has 3 rings (SSSR count). The molecule has 0 unspecified atom stereocenters. The molecule has 0 heterocycles. The standard InChI is InChI=1S/C18H22O2/c1-3-14-15-10-11-16(18(15,19)4-2)17(14)20-12-13-8-6-5-7-9-13/h3-9,15-17,19H,2,10-12H2,1H3/b14-3+/t15-,16+,17+,18-/m0/s1. The highest BCUT2D eigenvalue weighted by Gasteiger charge is 2.59. The maximum Gasteiger partial charge on any atom is 0.0947 e. The Kier molecular flexibility index (Phi) is 3.53. The lowest BCUT2D eigenvalue weighted by Crippen LogP contribution is -2.34. The fraction of sp³-hybridized carbons (Fsp3) is 0.444. The minimum atomic E-state index is -0.775. The van der Waals surface area contributed by atoms with E-state index in [4.69, 9.17) is 4.74 Å². The zero-order chi connectivity index (χ0) is 14.2. The first-order chi connectivity index (χ1) is 9.70. The van der Waals surface area contributed by atoms with Crippen molar-refractivity contribution in [3.8, 4) is 0 Å². The molecule has 4 atom stereocenters. The number of ether oxygens (including phenoxy) is 1. The third-order valence-corrected chi connectivity index (χ3v) is 4.95. The highest BCUT2D eigenvalue weighted by atomic mass is 16.5. The second kappa shape index (κ2) is 5.19. The predicted octanol–water partition coefficient (Wildman–Crippen LogP) is 3.48. The van der Waals surface area contributed by atoms with Crippen LogP contribution >= 0.6 is 0 Å². The summed E-state index contributed by atoms with van der Waals surface area (Å²) in [5.41, 5.74) is 1.65. The summed E-state index contributed by atoms with van der Waals surface area (Å²) in [5, 5.41) is 10.8. The summed E-state index contributed by atoms with van der Waals surface area (Å²) in [4.78, 5) is 0. The van der Waals surface area contributed by atoms with Crippen molar-refractivity contribution in [1.82, 2.24) is 0 Å². The molecule has 0 aliphatic heterocycles. The summed E-state index contributed by atoms with van der Waals surface area (Å²) in [6.07, 6.45) is 5.93. The molecule has 106 valence electrons. The van der Waals surface area contributed by atoms with E-state index >= 15 is 0 Å². The van der Waals surface area contributed by atoms with Crippen LogP contribution < -0.4 is 0 Å². The van der Waals surface area contributed by atoms with E-state index in [9.17, 15) is 5.11 Å². The van der Waals surface area contributed by atoms with Gasteiger partial charge in [-0.15, -0.1) is 6.58 Å². The van der Waals surface area contributed by atoms with Crippen molar-refractivity contribution in [1.29, 1.82) is 0 Å². The van der Waals surface area contributed by atoms with Crippen LogP contribution in [-0.4, -0.2) is 16.8 Å². The Morgan fingerprint density at radius 3 is 2.75 bits per heavy atom. The average Bonchev–Trinajstić information content (AvgIpc) is 2.95. The Morgan fingerprint density at radius 2 is 2.10 bits per heavy atom. The molecule has 2 aliphatic rings. The van der Waals surface area contributed by atoms with Crippen LogP contribution in [0.25, 0.3) is 0 Å². The monoisotopic (exact) mass is 270 g/mol. The minimum Gasteiger partial charge on any atom is -0.385 e. The Bertz CT molecular complexity index is 519. The molecule has 2 fully saturated rings. The van der Waals surface area contributed by atoms with Gasteiger partial charge in [0.15, 0.2) is 0 Å². The van der Waals surface area contributed by atoms with E-state index in [-0.39, 0.29) is 17.9 Å². The van der Waals surface area contributed by atoms with Gasteiger partial charge in [-0.1, -0.05) is 42.5 Å². The fourth-order valence-corrected chi connectivity index (χ4v) is 3.96. The third-order valence-electron chi connectivity index (χ3n) is 4.95. The highest BCUT2D eigenvalue weighted by molar-refractivity contribution is 5.34. The summed E-state index contributed by atoms with van der Waals surface area (Å²) in [6, 6.07) is 10.2. The molecule has 2 bridgehead atoms. The van der Waals surface area contributed by atoms with Crippen LogP contribution in [0.5, 0.6) is 0 Å². The van der Waals surface area contributed by atoms with E-state index in [1.54, 1.807) is 6.08 Å². The van der Waals surface area contributed by atoms with E-state index < -0.39 is 5.60 Å². The van der Waals surface area contributed by atoms with E-state index in [2.05, 4.69) is 24.8 Å². The van der Waals surface area contributed by atoms with Gasteiger partial charge >= 0.3 is 0 Å². The molecule has 1 N–H and O–H groups in total. The smallest absolute Gasteiger partial charge is 0.0947 e. The summed E-state index contributed by atoms with van der Waals surface area (Å²) in [6.45, 7) is 6.48. The quantitative estimate of drug-likeness (QED) is 0.849. The van der Waals surface area contributed by atoms with Crippen molar-refractivity contribution in [2.24, 2.45) is 11.8 Å². The van der Waals surface area contributed by atoms with Gasteiger partial charge in [0.05, 0.1) is 18.3 Å². The van der Waals surface area contributed by atoms with Crippen LogP contribution in [-0.2, 0) is 11.3 Å². The maximum absolute atomic E-state index is 10.8. The number of benzene rings is 1. The van der Waals surface area contributed by atoms with Crippen molar-refractivity contribution >= 4 is 0 Å². The number of rotatable bonds is 4. The predicted molar refractivity (Wildman–Crippen MR) is 80.1 cm³/mol. The molecule has 2 saturated carbocycles. The molecule has 2 heteroatoms. The molecular formula is C18H22O2. The van der Waals surface area contributed by atoms with E-state index in [1.165, 1.54) is 11.1 Å². The number of allylic oxidation sites excluding steroid dienone is 1. The molecule has 20 heavy (non-hydrogen) atoms. The Labute approximate surface area is 120 Å². The maximum atomic E-state index is 10.8. The number of hydrogen-bond donors (Lipinski definition) is 1. The Hall–Kier alpha value is -1.38. The second-order valence-corrected chi connectivity index (χ2v) is 5.83. The largest absolute Gasteiger partial charge is 0.385 e. The van der Waals surface area contributed by atoms with Gasteiger partial charge in [0.2, 0.25) is 0 Å². The van der Waals surface area contributed by atoms with Crippen molar-refractivity contribution in [2.45, 2.75) is 38.1 Å². The van der Waals surface area contributed by atoms with Crippen molar-refractivity contribution in [3.05, 3.63) is 60.2 Å². The molecule has 0 radical (unpaired) electrons. The summed E-state index contributed by atoms with van der Waals surface area (Å²) in [7, 11) is 0. The van der Waals surface area contributed by atoms with Crippen LogP contribution in [0.1, 0.15) is 25.3 Å². The molecular weight excluding hydrogens is 248 g/mol. The van der Waals surface area contributed by atoms with Gasteiger partial charge in [0, 0.05) is 11.8 Å². The highest BCUT2D eigenvalue weighted by Crippen LogP contribution is 2.56. The molecule has 1 aromatic carbocycles. The van der Waals surface area contributed by atoms with Gasteiger partial charge in [0.25, 0.3) is 0 Å². The van der Waals surface area contributed by atoms with Crippen LogP contribution in [0.4, 0.5) is 0 Å². The molecule has 0 amide bonds. The lowest BCUT2D eigenvalue weighted by molar-refractivity contribution is -0.0184. The third kappa shape index (κ3) is 1.95. The summed E-state index contributed by atoms with van der Waals surface area (Å²) in [5.74, 6) is 0.343. The molecule has 2 aliphatic carbocycles. The Balaban J connectivity index is 1.78. The summed E-state index contributed by atoms with van der Waals surface area (Å²) >= 11 is 0. The molecule has 0 saturated heterocycles. The van der Waals surface area contributed by atoms with Gasteiger partial charge in [0.1, 0.15) is 0 Å². The summed E-state index contributed by atoms with van der Waals surface area (Å²) < 4.78 is 6.15. The molecule has 0 aromatic heterocycles. The van der Waals surface area contributed by atoms with E-state index in [0.29, 0.717) is 6.61 Å². The van der Waals surface area contributed by atoms with Gasteiger partial charge in [-0.05, 0) is 30.9 Å². The zero-order valence-corrected chi connectivity index (χ0v) is 12.0. The lowest BCUT2D eigenvalue weighted by atomic mass is 9.91. The molecule has 0 spiro atoms. The van der Waals surface area contributed by atoms with Crippen LogP contribution in [0.15, 0.2) is 54.6 Å². The lowest BCUT2D eigenvalue weighted by Gasteiger charge is -2.26. The Morgan fingerprint density at radius 1 is 1.35 bits per heavy atom. The van der Waals surface area contributed by atoms with Crippen molar-refractivity contribution in [2.75, 3.05) is 0 Å².